The number of rotatable bonds is 0. The first kappa shape index (κ1) is 13.3. The van der Waals surface area contributed by atoms with E-state index in [1.165, 1.54) is 66.0 Å². The zero-order valence-electron chi connectivity index (χ0n) is 12.7. The lowest BCUT2D eigenvalue weighted by molar-refractivity contribution is 0.629. The van der Waals surface area contributed by atoms with Gasteiger partial charge in [0.15, 0.2) is 0 Å². The summed E-state index contributed by atoms with van der Waals surface area (Å²) in [7, 11) is 0. The molecular weight excluding hydrogens is 272 g/mol. The zero-order valence-corrected chi connectivity index (χ0v) is 13.6. The molecule has 3 aromatic rings. The minimum Gasteiger partial charge on any atom is -0.135 e. The fraction of sp³-hybridized carbons (Fsp3) is 0.400. The zero-order chi connectivity index (χ0) is 14.2. The number of thiophene rings is 1. The molecule has 0 saturated heterocycles. The van der Waals surface area contributed by atoms with Gasteiger partial charge in [0, 0.05) is 20.2 Å². The van der Waals surface area contributed by atoms with Gasteiger partial charge in [-0.3, -0.25) is 0 Å². The molecule has 0 aliphatic heterocycles. The number of hydrogen-bond donors (Lipinski definition) is 0. The average Bonchev–Trinajstić information content (AvgIpc) is 2.89. The van der Waals surface area contributed by atoms with Gasteiger partial charge in [-0.25, -0.2) is 0 Å². The number of benzene rings is 2. The minimum absolute atomic E-state index is 1.28. The summed E-state index contributed by atoms with van der Waals surface area (Å²) >= 11 is 2.01. The summed E-state index contributed by atoms with van der Waals surface area (Å²) in [4.78, 5) is 0. The van der Waals surface area contributed by atoms with Crippen molar-refractivity contribution in [2.24, 2.45) is 0 Å². The van der Waals surface area contributed by atoms with Crippen LogP contribution in [0.3, 0.4) is 0 Å². The second-order valence-electron chi connectivity index (χ2n) is 6.45. The minimum atomic E-state index is 1.28. The summed E-state index contributed by atoms with van der Waals surface area (Å²) in [6.07, 6.45) is 9.50. The molecule has 2 aromatic carbocycles. The van der Waals surface area contributed by atoms with Crippen molar-refractivity contribution >= 4 is 31.5 Å². The van der Waals surface area contributed by atoms with E-state index in [1.807, 2.05) is 11.3 Å². The summed E-state index contributed by atoms with van der Waals surface area (Å²) in [6, 6.07) is 11.7. The maximum absolute atomic E-state index is 2.41. The highest BCUT2D eigenvalue weighted by Crippen LogP contribution is 2.39. The molecule has 0 fully saturated rings. The third-order valence-corrected chi connectivity index (χ3v) is 6.11. The molecule has 1 aliphatic carbocycles. The van der Waals surface area contributed by atoms with E-state index in [9.17, 15) is 0 Å². The van der Waals surface area contributed by atoms with Gasteiger partial charge in [-0.05, 0) is 55.9 Å². The van der Waals surface area contributed by atoms with E-state index in [1.54, 1.807) is 15.8 Å². The van der Waals surface area contributed by atoms with Crippen LogP contribution in [0.25, 0.3) is 20.2 Å². The molecule has 0 spiro atoms. The first-order valence-corrected chi connectivity index (χ1v) is 9.08. The molecule has 4 rings (SSSR count). The molecule has 0 N–H and O–H groups in total. The Morgan fingerprint density at radius 2 is 1.62 bits per heavy atom. The summed E-state index contributed by atoms with van der Waals surface area (Å²) < 4.78 is 3.01. The highest BCUT2D eigenvalue weighted by molar-refractivity contribution is 7.26. The van der Waals surface area contributed by atoms with Crippen molar-refractivity contribution in [3.63, 3.8) is 0 Å². The van der Waals surface area contributed by atoms with Gasteiger partial charge in [0.2, 0.25) is 0 Å². The number of hydrogen-bond acceptors (Lipinski definition) is 1. The first-order valence-electron chi connectivity index (χ1n) is 8.26. The molecule has 0 atom stereocenters. The second kappa shape index (κ2) is 5.46. The standard InChI is InChI=1S/C20H22S/c1-14-9-12-19-18(13-14)17-11-10-15-7-5-3-2-4-6-8-16(15)20(17)21-19/h9-13H,2-8H2,1H3. The lowest BCUT2D eigenvalue weighted by atomic mass is 9.97. The molecule has 0 unspecified atom stereocenters. The van der Waals surface area contributed by atoms with Crippen LogP contribution >= 0.6 is 11.3 Å². The van der Waals surface area contributed by atoms with Crippen LogP contribution in [0.15, 0.2) is 30.3 Å². The average molecular weight is 294 g/mol. The summed E-state index contributed by atoms with van der Waals surface area (Å²) in [5.74, 6) is 0. The van der Waals surface area contributed by atoms with Crippen molar-refractivity contribution in [2.45, 2.75) is 51.9 Å². The lowest BCUT2D eigenvalue weighted by Gasteiger charge is -2.09. The molecular formula is C20H22S. The smallest absolute Gasteiger partial charge is 0.0390 e. The van der Waals surface area contributed by atoms with Crippen molar-refractivity contribution in [3.8, 4) is 0 Å². The first-order chi connectivity index (χ1) is 10.3. The third kappa shape index (κ3) is 2.38. The summed E-state index contributed by atoms with van der Waals surface area (Å²) in [6.45, 7) is 2.20. The van der Waals surface area contributed by atoms with E-state index in [2.05, 4.69) is 37.3 Å². The lowest BCUT2D eigenvalue weighted by Crippen LogP contribution is -1.93. The molecule has 0 bridgehead atoms. The summed E-state index contributed by atoms with van der Waals surface area (Å²) in [5, 5.41) is 2.94. The maximum atomic E-state index is 2.41. The van der Waals surface area contributed by atoms with Gasteiger partial charge in [0.1, 0.15) is 0 Å². The second-order valence-corrected chi connectivity index (χ2v) is 7.50. The molecule has 1 aromatic heterocycles. The Morgan fingerprint density at radius 1 is 0.810 bits per heavy atom. The van der Waals surface area contributed by atoms with Crippen LogP contribution < -0.4 is 0 Å². The van der Waals surface area contributed by atoms with E-state index in [0.29, 0.717) is 0 Å². The van der Waals surface area contributed by atoms with E-state index in [0.717, 1.165) is 0 Å². The Hall–Kier alpha value is -1.34. The van der Waals surface area contributed by atoms with E-state index in [4.69, 9.17) is 0 Å². The van der Waals surface area contributed by atoms with Crippen LogP contribution in [-0.2, 0) is 12.8 Å². The molecule has 1 aliphatic rings. The summed E-state index contributed by atoms with van der Waals surface area (Å²) in [5.41, 5.74) is 4.65. The van der Waals surface area contributed by atoms with Crippen LogP contribution in [0, 0.1) is 6.92 Å². The maximum Gasteiger partial charge on any atom is 0.0390 e. The Balaban J connectivity index is 1.96. The van der Waals surface area contributed by atoms with Crippen molar-refractivity contribution < 1.29 is 0 Å². The predicted molar refractivity (Wildman–Crippen MR) is 94.6 cm³/mol. The van der Waals surface area contributed by atoms with E-state index >= 15 is 0 Å². The number of aryl methyl sites for hydroxylation is 3. The van der Waals surface area contributed by atoms with Gasteiger partial charge in [-0.2, -0.15) is 0 Å². The van der Waals surface area contributed by atoms with Crippen molar-refractivity contribution in [1.29, 1.82) is 0 Å². The highest BCUT2D eigenvalue weighted by Gasteiger charge is 2.14. The fourth-order valence-corrected chi connectivity index (χ4v) is 4.99. The van der Waals surface area contributed by atoms with E-state index in [-0.39, 0.29) is 0 Å². The molecule has 0 amide bonds. The number of fused-ring (bicyclic) bond motifs is 5. The Morgan fingerprint density at radius 3 is 2.52 bits per heavy atom. The van der Waals surface area contributed by atoms with Crippen LogP contribution in [0.5, 0.6) is 0 Å². The van der Waals surface area contributed by atoms with Gasteiger partial charge in [-0.1, -0.05) is 43.0 Å². The van der Waals surface area contributed by atoms with Crippen LogP contribution in [0.1, 0.15) is 48.8 Å². The van der Waals surface area contributed by atoms with Gasteiger partial charge in [0.25, 0.3) is 0 Å². The molecule has 0 radical (unpaired) electrons. The van der Waals surface area contributed by atoms with Crippen LogP contribution in [0.4, 0.5) is 0 Å². The van der Waals surface area contributed by atoms with Gasteiger partial charge in [-0.15, -0.1) is 11.3 Å². The van der Waals surface area contributed by atoms with Crippen molar-refractivity contribution in [1.82, 2.24) is 0 Å². The third-order valence-electron chi connectivity index (χ3n) is 4.87. The highest BCUT2D eigenvalue weighted by atomic mass is 32.1. The van der Waals surface area contributed by atoms with Gasteiger partial charge in [0.05, 0.1) is 0 Å². The quantitative estimate of drug-likeness (QED) is 0.449. The predicted octanol–water partition coefficient (Wildman–Crippen LogP) is 6.41. The molecule has 0 nitrogen and oxygen atoms in total. The topological polar surface area (TPSA) is 0 Å². The van der Waals surface area contributed by atoms with Gasteiger partial charge < -0.3 is 0 Å². The van der Waals surface area contributed by atoms with Crippen molar-refractivity contribution in [2.75, 3.05) is 0 Å². The fourth-order valence-electron chi connectivity index (χ4n) is 3.71. The molecule has 1 heteroatoms. The SMILES string of the molecule is Cc1ccc2sc3c4c(ccc3c2c1)CCCCCCC4. The Labute approximate surface area is 130 Å². The Kier molecular flexibility index (Phi) is 3.46. The normalized spacial score (nSPS) is 16.4. The molecule has 21 heavy (non-hydrogen) atoms. The largest absolute Gasteiger partial charge is 0.135 e. The van der Waals surface area contributed by atoms with Gasteiger partial charge >= 0.3 is 0 Å². The monoisotopic (exact) mass is 294 g/mol. The van der Waals surface area contributed by atoms with E-state index < -0.39 is 0 Å². The van der Waals surface area contributed by atoms with Crippen LogP contribution in [0.2, 0.25) is 0 Å². The van der Waals surface area contributed by atoms with Crippen molar-refractivity contribution in [3.05, 3.63) is 47.0 Å². The molecule has 108 valence electrons. The van der Waals surface area contributed by atoms with Crippen LogP contribution in [-0.4, -0.2) is 0 Å². The molecule has 1 heterocycles. The Bertz CT molecular complexity index is 794. The molecule has 0 saturated carbocycles.